The van der Waals surface area contributed by atoms with Gasteiger partial charge in [0.15, 0.2) is 0 Å². The van der Waals surface area contributed by atoms with Crippen molar-refractivity contribution in [2.75, 3.05) is 0 Å². The van der Waals surface area contributed by atoms with Gasteiger partial charge in [-0.15, -0.1) is 23.1 Å². The summed E-state index contributed by atoms with van der Waals surface area (Å²) in [7, 11) is 0. The number of benzene rings is 1. The van der Waals surface area contributed by atoms with Gasteiger partial charge in [0.25, 0.3) is 0 Å². The fraction of sp³-hybridized carbons (Fsp3) is 0.294. The minimum Gasteiger partial charge on any atom is -0.226 e. The van der Waals surface area contributed by atoms with Crippen molar-refractivity contribution < 1.29 is 0 Å². The highest BCUT2D eigenvalue weighted by Crippen LogP contribution is 2.41. The highest BCUT2D eigenvalue weighted by molar-refractivity contribution is 7.98. The Hall–Kier alpha value is -1.10. The van der Waals surface area contributed by atoms with Gasteiger partial charge in [0.1, 0.15) is 15.7 Å². The number of hydrogen-bond donors (Lipinski definition) is 0. The van der Waals surface area contributed by atoms with E-state index in [0.717, 1.165) is 26.5 Å². The maximum atomic E-state index is 5.95. The Morgan fingerprint density at radius 2 is 2.00 bits per heavy atom. The van der Waals surface area contributed by atoms with E-state index in [9.17, 15) is 0 Å². The zero-order valence-electron chi connectivity index (χ0n) is 12.2. The first-order valence-electron chi connectivity index (χ1n) is 7.37. The van der Waals surface area contributed by atoms with Crippen molar-refractivity contribution in [2.45, 2.75) is 37.0 Å². The molecule has 2 aromatic heterocycles. The molecular weight excluding hydrogens is 332 g/mol. The molecule has 4 rings (SSSR count). The Kier molecular flexibility index (Phi) is 3.84. The zero-order chi connectivity index (χ0) is 15.1. The molecule has 0 saturated carbocycles. The molecular formula is C17H15ClN2S2. The molecule has 112 valence electrons. The number of thiophene rings is 1. The Labute approximate surface area is 142 Å². The van der Waals surface area contributed by atoms with E-state index in [4.69, 9.17) is 16.6 Å². The molecule has 0 aliphatic heterocycles. The third-order valence-electron chi connectivity index (χ3n) is 3.93. The smallest absolute Gasteiger partial charge is 0.128 e. The molecule has 0 N–H and O–H groups in total. The molecule has 1 aromatic carbocycles. The first-order chi connectivity index (χ1) is 10.7. The van der Waals surface area contributed by atoms with Crippen molar-refractivity contribution in [3.8, 4) is 0 Å². The molecule has 3 aromatic rings. The maximum Gasteiger partial charge on any atom is 0.128 e. The molecule has 2 heterocycles. The van der Waals surface area contributed by atoms with Gasteiger partial charge in [-0.2, -0.15) is 0 Å². The van der Waals surface area contributed by atoms with Crippen LogP contribution in [-0.2, 0) is 18.6 Å². The average molecular weight is 347 g/mol. The molecule has 2 nitrogen and oxygen atoms in total. The van der Waals surface area contributed by atoms with Crippen LogP contribution in [0.5, 0.6) is 0 Å². The predicted molar refractivity (Wildman–Crippen MR) is 95.2 cm³/mol. The van der Waals surface area contributed by atoms with Gasteiger partial charge in [-0.05, 0) is 49.4 Å². The average Bonchev–Trinajstić information content (AvgIpc) is 3.06. The number of halogens is 1. The maximum absolute atomic E-state index is 5.95. The summed E-state index contributed by atoms with van der Waals surface area (Å²) in [5.74, 6) is 1.78. The highest BCUT2D eigenvalue weighted by atomic mass is 35.5. The van der Waals surface area contributed by atoms with Crippen LogP contribution in [0.15, 0.2) is 29.3 Å². The van der Waals surface area contributed by atoms with E-state index in [1.54, 1.807) is 11.8 Å². The zero-order valence-corrected chi connectivity index (χ0v) is 14.6. The molecule has 0 atom stereocenters. The van der Waals surface area contributed by atoms with Crippen LogP contribution in [-0.4, -0.2) is 9.97 Å². The van der Waals surface area contributed by atoms with Crippen LogP contribution in [0.25, 0.3) is 10.2 Å². The van der Waals surface area contributed by atoms with Crippen LogP contribution in [0, 0.1) is 6.92 Å². The fourth-order valence-electron chi connectivity index (χ4n) is 2.90. The minimum atomic E-state index is 0.782. The molecule has 0 fully saturated rings. The first kappa shape index (κ1) is 14.5. The van der Waals surface area contributed by atoms with Crippen LogP contribution in [0.4, 0.5) is 0 Å². The van der Waals surface area contributed by atoms with Crippen LogP contribution >= 0.6 is 34.7 Å². The monoisotopic (exact) mass is 346 g/mol. The van der Waals surface area contributed by atoms with Crippen molar-refractivity contribution in [1.82, 2.24) is 9.97 Å². The highest BCUT2D eigenvalue weighted by Gasteiger charge is 2.21. The van der Waals surface area contributed by atoms with E-state index in [1.165, 1.54) is 40.7 Å². The second-order valence-electron chi connectivity index (χ2n) is 5.53. The third-order valence-corrected chi connectivity index (χ3v) is 6.42. The van der Waals surface area contributed by atoms with Gasteiger partial charge in [-0.3, -0.25) is 0 Å². The number of rotatable bonds is 3. The molecule has 0 unspecified atom stereocenters. The molecule has 0 spiro atoms. The van der Waals surface area contributed by atoms with Gasteiger partial charge in [0, 0.05) is 21.0 Å². The number of nitrogens with zero attached hydrogens (tertiary/aromatic N) is 2. The second kappa shape index (κ2) is 5.84. The Bertz CT molecular complexity index is 840. The summed E-state index contributed by atoms with van der Waals surface area (Å²) < 4.78 is 0. The van der Waals surface area contributed by atoms with Gasteiger partial charge in [-0.25, -0.2) is 9.97 Å². The third kappa shape index (κ3) is 2.64. The summed E-state index contributed by atoms with van der Waals surface area (Å²) in [6.45, 7) is 1.98. The van der Waals surface area contributed by atoms with Crippen LogP contribution < -0.4 is 0 Å². The predicted octanol–water partition coefficient (Wildman–Crippen LogP) is 5.43. The van der Waals surface area contributed by atoms with Gasteiger partial charge < -0.3 is 0 Å². The van der Waals surface area contributed by atoms with E-state index in [1.807, 2.05) is 30.4 Å². The molecule has 22 heavy (non-hydrogen) atoms. The topological polar surface area (TPSA) is 25.8 Å². The second-order valence-corrected chi connectivity index (χ2v) is 8.01. The summed E-state index contributed by atoms with van der Waals surface area (Å²) in [5.41, 5.74) is 2.77. The lowest BCUT2D eigenvalue weighted by atomic mass is 10.2. The largest absolute Gasteiger partial charge is 0.226 e. The van der Waals surface area contributed by atoms with E-state index < -0.39 is 0 Å². The summed E-state index contributed by atoms with van der Waals surface area (Å²) in [6, 6.07) is 8.05. The number of aromatic nitrogens is 2. The lowest BCUT2D eigenvalue weighted by Gasteiger charge is -2.06. The van der Waals surface area contributed by atoms with Crippen molar-refractivity contribution in [2.24, 2.45) is 0 Å². The Morgan fingerprint density at radius 3 is 2.82 bits per heavy atom. The van der Waals surface area contributed by atoms with E-state index >= 15 is 0 Å². The van der Waals surface area contributed by atoms with E-state index in [0.29, 0.717) is 0 Å². The molecule has 5 heteroatoms. The van der Waals surface area contributed by atoms with Crippen molar-refractivity contribution in [3.63, 3.8) is 0 Å². The number of thioether (sulfide) groups is 1. The normalized spacial score (nSPS) is 13.7. The molecule has 1 aliphatic carbocycles. The summed E-state index contributed by atoms with van der Waals surface area (Å²) in [4.78, 5) is 12.0. The Morgan fingerprint density at radius 1 is 1.18 bits per heavy atom. The van der Waals surface area contributed by atoms with E-state index in [-0.39, 0.29) is 0 Å². The lowest BCUT2D eigenvalue weighted by Crippen LogP contribution is -1.92. The number of hydrogen-bond acceptors (Lipinski definition) is 4. The van der Waals surface area contributed by atoms with Crippen LogP contribution in [0.3, 0.4) is 0 Å². The fourth-order valence-corrected chi connectivity index (χ4v) is 5.45. The molecule has 1 aliphatic rings. The molecule has 0 saturated heterocycles. The SMILES string of the molecule is Cc1nc(SCc2ccc(Cl)cc2)c2c3c(sc2n1)CCC3. The molecule has 0 amide bonds. The van der Waals surface area contributed by atoms with Gasteiger partial charge >= 0.3 is 0 Å². The number of fused-ring (bicyclic) bond motifs is 3. The molecule has 0 bridgehead atoms. The van der Waals surface area contributed by atoms with E-state index in [2.05, 4.69) is 17.1 Å². The van der Waals surface area contributed by atoms with Gasteiger partial charge in [-0.1, -0.05) is 23.7 Å². The van der Waals surface area contributed by atoms with Gasteiger partial charge in [0.2, 0.25) is 0 Å². The summed E-state index contributed by atoms with van der Waals surface area (Å²) >= 11 is 9.61. The van der Waals surface area contributed by atoms with Gasteiger partial charge in [0.05, 0.1) is 0 Å². The standard InChI is InChI=1S/C17H15ClN2S2/c1-10-19-16(21-9-11-5-7-12(18)8-6-11)15-13-3-2-4-14(13)22-17(15)20-10/h5-8H,2-4,9H2,1H3. The van der Waals surface area contributed by atoms with Crippen molar-refractivity contribution in [3.05, 3.63) is 51.1 Å². The molecule has 0 radical (unpaired) electrons. The van der Waals surface area contributed by atoms with Crippen LogP contribution in [0.2, 0.25) is 5.02 Å². The quantitative estimate of drug-likeness (QED) is 0.467. The van der Waals surface area contributed by atoms with Crippen LogP contribution in [0.1, 0.15) is 28.2 Å². The first-order valence-corrected chi connectivity index (χ1v) is 9.55. The van der Waals surface area contributed by atoms with Crippen molar-refractivity contribution >= 4 is 44.9 Å². The Balaban J connectivity index is 1.70. The lowest BCUT2D eigenvalue weighted by molar-refractivity contribution is 0.914. The van der Waals surface area contributed by atoms with Crippen molar-refractivity contribution in [1.29, 1.82) is 0 Å². The minimum absolute atomic E-state index is 0.782. The summed E-state index contributed by atoms with van der Waals surface area (Å²) in [6.07, 6.45) is 3.65. The summed E-state index contributed by atoms with van der Waals surface area (Å²) in [5, 5.41) is 3.23. The number of aryl methyl sites for hydroxylation is 3.